The van der Waals surface area contributed by atoms with Crippen LogP contribution in [0.25, 0.3) is 11.1 Å². The molecule has 2 aromatic carbocycles. The SMILES string of the molecule is CC(=O)NC[C@H]1CN(c2cc(C)c(C3=CCCN(CB=O)C3)c(C)c2)C(=O)O1.CC(=O)NC[C@H]1CN(c2cc(C)c(C3=CCN(CB=O)CC3)c(C)c2)C(=O)O1. The maximum atomic E-state index is 12.3. The molecule has 0 spiro atoms. The van der Waals surface area contributed by atoms with Crippen molar-refractivity contribution in [3.8, 4) is 0 Å². The number of carbonyl (C=O) groups is 4. The minimum absolute atomic E-state index is 0.141. The van der Waals surface area contributed by atoms with Gasteiger partial charge in [0.2, 0.25) is 11.8 Å². The van der Waals surface area contributed by atoms with Gasteiger partial charge < -0.3 is 10.6 Å². The zero-order valence-corrected chi connectivity index (χ0v) is 33.3. The Morgan fingerprint density at radius 2 is 1.16 bits per heavy atom. The van der Waals surface area contributed by atoms with Crippen molar-refractivity contribution in [1.82, 2.24) is 20.4 Å². The number of nitrogens with zero attached hydrogens (tertiary/aromatic N) is 4. The average Bonchev–Trinajstić information content (AvgIpc) is 3.72. The van der Waals surface area contributed by atoms with Gasteiger partial charge in [0.1, 0.15) is 0 Å². The molecule has 0 aliphatic carbocycles. The molecule has 0 aromatic heterocycles. The summed E-state index contributed by atoms with van der Waals surface area (Å²) in [4.78, 5) is 54.2. The van der Waals surface area contributed by atoms with Crippen LogP contribution in [-0.2, 0) is 28.5 Å². The Bertz CT molecular complexity index is 1870. The monoisotopic (exact) mass is 766 g/mol. The van der Waals surface area contributed by atoms with Crippen molar-refractivity contribution < 1.29 is 38.1 Å². The minimum atomic E-state index is -0.393. The number of hydrogen-bond acceptors (Lipinski definition) is 10. The summed E-state index contributed by atoms with van der Waals surface area (Å²) in [6.07, 6.45) is 5.70. The Morgan fingerprint density at radius 1 is 0.696 bits per heavy atom. The Balaban J connectivity index is 0.000000214. The van der Waals surface area contributed by atoms with Crippen LogP contribution in [0.1, 0.15) is 60.1 Å². The molecule has 4 aliphatic heterocycles. The molecule has 0 saturated carbocycles. The van der Waals surface area contributed by atoms with Crippen molar-refractivity contribution in [3.05, 3.63) is 69.8 Å². The van der Waals surface area contributed by atoms with E-state index in [4.69, 9.17) is 9.47 Å². The van der Waals surface area contributed by atoms with Gasteiger partial charge in [0.15, 0.2) is 0 Å². The van der Waals surface area contributed by atoms with Gasteiger partial charge in [-0.15, -0.1) is 0 Å². The van der Waals surface area contributed by atoms with Crippen LogP contribution in [0.5, 0.6) is 0 Å². The number of rotatable bonds is 12. The first-order valence-electron chi connectivity index (χ1n) is 19.2. The van der Waals surface area contributed by atoms with Gasteiger partial charge in [0.05, 0.1) is 6.54 Å². The van der Waals surface area contributed by atoms with Crippen molar-refractivity contribution in [2.24, 2.45) is 0 Å². The van der Waals surface area contributed by atoms with Gasteiger partial charge >= 0.3 is 278 Å². The van der Waals surface area contributed by atoms with E-state index in [1.807, 2.05) is 38.1 Å². The van der Waals surface area contributed by atoms with E-state index in [1.165, 1.54) is 36.1 Å². The topological polar surface area (TPSA) is 158 Å². The number of amides is 4. The molecule has 14 nitrogen and oxygen atoms in total. The summed E-state index contributed by atoms with van der Waals surface area (Å²) in [5.41, 5.74) is 10.9. The average molecular weight is 767 g/mol. The number of hydrogen-bond donors (Lipinski definition) is 2. The first-order chi connectivity index (χ1) is 26.8. The Kier molecular flexibility index (Phi) is 14.5. The second-order valence-electron chi connectivity index (χ2n) is 14.8. The Hall–Kier alpha value is -4.95. The van der Waals surface area contributed by atoms with Crippen LogP contribution in [-0.4, -0.2) is 126 Å². The molecule has 2 fully saturated rings. The number of ether oxygens (including phenoxy) is 2. The number of anilines is 2. The molecule has 16 heteroatoms. The van der Waals surface area contributed by atoms with Crippen LogP contribution < -0.4 is 20.4 Å². The maximum absolute atomic E-state index is 12.3. The summed E-state index contributed by atoms with van der Waals surface area (Å²) in [7, 11) is 1.89. The summed E-state index contributed by atoms with van der Waals surface area (Å²) in [6.45, 7) is 15.8. The van der Waals surface area contributed by atoms with E-state index in [9.17, 15) is 28.6 Å². The van der Waals surface area contributed by atoms with E-state index in [2.05, 4.69) is 46.4 Å². The molecule has 2 saturated heterocycles. The zero-order chi connectivity index (χ0) is 40.5. The standard InChI is InChI=1S/2C20H26BN3O4/c1-13-8-17(24-11-18(28-20(24)26)10-22-15(3)25)9-14(2)19(13)16-4-6-23(7-5-16)12-21-27;1-13-7-17(24-11-18(28-20(24)26)9-22-15(3)25)8-14(2)19(13)16-5-4-6-23(10-16)12-21-27/h4,8-9,18H,5-7,10-12H2,1-3H3,(H,22,25);5,7-8,18H,4,6,9-12H2,1-3H3,(H,22,25)/t2*18-/m00/s1. The van der Waals surface area contributed by atoms with Crippen molar-refractivity contribution in [1.29, 1.82) is 0 Å². The second-order valence-corrected chi connectivity index (χ2v) is 14.8. The normalized spacial score (nSPS) is 19.8. The summed E-state index contributed by atoms with van der Waals surface area (Å²) < 4.78 is 32.3. The number of carbonyl (C=O) groups excluding carboxylic acids is 4. The van der Waals surface area contributed by atoms with E-state index < -0.39 is 6.09 Å². The fraction of sp³-hybridized carbons (Fsp3) is 0.500. The van der Waals surface area contributed by atoms with E-state index in [-0.39, 0.29) is 30.1 Å². The van der Waals surface area contributed by atoms with Gasteiger partial charge in [-0.25, -0.2) is 0 Å². The third-order valence-electron chi connectivity index (χ3n) is 10.4. The first kappa shape index (κ1) is 42.2. The summed E-state index contributed by atoms with van der Waals surface area (Å²) in [5.74, 6) is -0.284. The van der Waals surface area contributed by atoms with Gasteiger partial charge in [0.25, 0.3) is 0 Å². The third-order valence-corrected chi connectivity index (χ3v) is 10.4. The van der Waals surface area contributed by atoms with E-state index in [1.54, 1.807) is 9.80 Å². The van der Waals surface area contributed by atoms with Gasteiger partial charge in [0, 0.05) is 13.8 Å². The first-order valence-corrected chi connectivity index (χ1v) is 19.2. The van der Waals surface area contributed by atoms with Crippen molar-refractivity contribution in [2.75, 3.05) is 75.0 Å². The molecule has 0 bridgehead atoms. The molecule has 4 heterocycles. The summed E-state index contributed by atoms with van der Waals surface area (Å²) >= 11 is 0. The molecule has 2 N–H and O–H groups in total. The molecular formula is C40H52B2N6O8. The predicted octanol–water partition coefficient (Wildman–Crippen LogP) is 3.72. The molecular weight excluding hydrogens is 714 g/mol. The second kappa shape index (κ2) is 19.3. The molecule has 0 radical (unpaired) electrons. The molecule has 2 aromatic rings. The number of benzene rings is 2. The van der Waals surface area contributed by atoms with Gasteiger partial charge in [-0.2, -0.15) is 0 Å². The van der Waals surface area contributed by atoms with E-state index in [0.717, 1.165) is 86.9 Å². The summed E-state index contributed by atoms with van der Waals surface area (Å²) in [5, 5.41) is 5.38. The molecule has 4 amide bonds. The number of nitrogens with one attached hydrogen (secondary N) is 2. The molecule has 56 heavy (non-hydrogen) atoms. The van der Waals surface area contributed by atoms with Crippen LogP contribution in [0.2, 0.25) is 0 Å². The molecule has 4 aliphatic rings. The fourth-order valence-corrected chi connectivity index (χ4v) is 7.86. The fourth-order valence-electron chi connectivity index (χ4n) is 7.86. The van der Waals surface area contributed by atoms with Crippen molar-refractivity contribution in [2.45, 2.75) is 66.6 Å². The predicted molar refractivity (Wildman–Crippen MR) is 215 cm³/mol. The quantitative estimate of drug-likeness (QED) is 0.305. The molecule has 2 atom stereocenters. The third kappa shape index (κ3) is 10.7. The van der Waals surface area contributed by atoms with Crippen LogP contribution >= 0.6 is 0 Å². The van der Waals surface area contributed by atoms with Crippen LogP contribution in [0.4, 0.5) is 21.0 Å². The molecule has 296 valence electrons. The Labute approximate surface area is 330 Å². The zero-order valence-electron chi connectivity index (χ0n) is 33.3. The van der Waals surface area contributed by atoms with Crippen LogP contribution in [0.3, 0.4) is 0 Å². The number of cyclic esters (lactones) is 2. The van der Waals surface area contributed by atoms with Gasteiger partial charge in [-0.1, -0.05) is 0 Å². The molecule has 0 unspecified atom stereocenters. The van der Waals surface area contributed by atoms with Crippen molar-refractivity contribution >= 4 is 60.8 Å². The Morgan fingerprint density at radius 3 is 1.59 bits per heavy atom. The van der Waals surface area contributed by atoms with E-state index >= 15 is 0 Å². The van der Waals surface area contributed by atoms with Gasteiger partial charge in [-0.05, 0) is 0 Å². The van der Waals surface area contributed by atoms with Crippen LogP contribution in [0, 0.1) is 27.7 Å². The van der Waals surface area contributed by atoms with Crippen molar-refractivity contribution in [3.63, 3.8) is 0 Å². The summed E-state index contributed by atoms with van der Waals surface area (Å²) in [6, 6.07) is 8.04. The van der Waals surface area contributed by atoms with Crippen LogP contribution in [0.15, 0.2) is 36.4 Å². The van der Waals surface area contributed by atoms with E-state index in [0.29, 0.717) is 39.1 Å². The van der Waals surface area contributed by atoms with Gasteiger partial charge in [-0.3, -0.25) is 9.59 Å². The molecule has 6 rings (SSSR count). The number of aryl methyl sites for hydroxylation is 4.